The number of nitrogens with two attached hydrogens (primary N) is 1. The molecule has 0 aromatic heterocycles. The van der Waals surface area contributed by atoms with E-state index in [1.165, 1.54) is 7.11 Å². The molecule has 6 heteroatoms. The van der Waals surface area contributed by atoms with Crippen molar-refractivity contribution >= 4 is 0 Å². The highest BCUT2D eigenvalue weighted by atomic mass is 16.9. The summed E-state index contributed by atoms with van der Waals surface area (Å²) >= 11 is 0. The van der Waals surface area contributed by atoms with Crippen LogP contribution in [0, 0.1) is 0 Å². The maximum absolute atomic E-state index is 4.61. The van der Waals surface area contributed by atoms with E-state index in [-0.39, 0.29) is 0 Å². The summed E-state index contributed by atoms with van der Waals surface area (Å²) in [5.74, 6) is 4.61. The van der Waals surface area contributed by atoms with Crippen LogP contribution in [0.1, 0.15) is 0 Å². The van der Waals surface area contributed by atoms with Crippen molar-refractivity contribution in [1.29, 1.82) is 0 Å². The first-order valence-corrected chi connectivity index (χ1v) is 1.98. The molecule has 0 aliphatic heterocycles. The summed E-state index contributed by atoms with van der Waals surface area (Å²) in [7, 11) is 3.08. The molecule has 0 amide bonds. The zero-order valence-electron chi connectivity index (χ0n) is 4.84. The van der Waals surface area contributed by atoms with E-state index >= 15 is 0 Å². The lowest BCUT2D eigenvalue weighted by Gasteiger charge is -2.14. The average Bonchev–Trinajstić information content (AvgIpc) is 1.83. The first kappa shape index (κ1) is 7.76. The third kappa shape index (κ3) is 2.86. The average molecular weight is 122 g/mol. The zero-order chi connectivity index (χ0) is 6.41. The molecule has 0 aliphatic rings. The van der Waals surface area contributed by atoms with Crippen LogP contribution in [-0.2, 0) is 9.78 Å². The lowest BCUT2D eigenvalue weighted by atomic mass is 11.5. The summed E-state index contributed by atoms with van der Waals surface area (Å²) in [4.78, 5) is 8.52. The fraction of sp³-hybridized carbons (Fsp3) is 1.00. The highest BCUT2D eigenvalue weighted by Gasteiger charge is 1.92. The Morgan fingerprint density at radius 1 is 1.62 bits per heavy atom. The van der Waals surface area contributed by atoms with E-state index in [1.54, 1.807) is 7.05 Å². The molecular weight excluding hydrogens is 112 g/mol. The molecule has 0 aromatic carbocycles. The number of hydrogen-bond donors (Lipinski definition) is 3. The van der Waals surface area contributed by atoms with Crippen molar-refractivity contribution < 1.29 is 9.78 Å². The van der Waals surface area contributed by atoms with Crippen LogP contribution in [0.25, 0.3) is 0 Å². The Morgan fingerprint density at radius 2 is 2.25 bits per heavy atom. The second-order valence-electron chi connectivity index (χ2n) is 0.910. The highest BCUT2D eigenvalue weighted by Crippen LogP contribution is 1.67. The Labute approximate surface area is 47.3 Å². The van der Waals surface area contributed by atoms with Crippen LogP contribution in [-0.4, -0.2) is 19.4 Å². The van der Waals surface area contributed by atoms with Crippen LogP contribution in [0.2, 0.25) is 0 Å². The Balaban J connectivity index is 3.07. The van der Waals surface area contributed by atoms with Gasteiger partial charge in [-0.2, -0.15) is 10.8 Å². The maximum atomic E-state index is 4.61. The van der Waals surface area contributed by atoms with Gasteiger partial charge < -0.3 is 0 Å². The number of rotatable bonds is 4. The summed E-state index contributed by atoms with van der Waals surface area (Å²) in [6.07, 6.45) is 0. The predicted molar refractivity (Wildman–Crippen MR) is 26.3 cm³/mol. The Morgan fingerprint density at radius 3 is 2.38 bits per heavy atom. The summed E-state index contributed by atoms with van der Waals surface area (Å²) in [6.45, 7) is 0. The molecule has 0 aliphatic carbocycles. The second-order valence-corrected chi connectivity index (χ2v) is 0.910. The highest BCUT2D eigenvalue weighted by molar-refractivity contribution is 4.00. The summed E-state index contributed by atoms with van der Waals surface area (Å²) in [6, 6.07) is 0. The van der Waals surface area contributed by atoms with Crippen molar-refractivity contribution in [2.75, 3.05) is 14.2 Å². The molecule has 0 spiro atoms. The van der Waals surface area contributed by atoms with Gasteiger partial charge in [0.1, 0.15) is 0 Å². The summed E-state index contributed by atoms with van der Waals surface area (Å²) in [5.41, 5.74) is 4.71. The largest absolute Gasteiger partial charge is 0.271 e. The molecule has 0 atom stereocenters. The van der Waals surface area contributed by atoms with E-state index in [4.69, 9.17) is 0 Å². The van der Waals surface area contributed by atoms with Gasteiger partial charge in [-0.1, -0.05) is 5.59 Å². The minimum Gasteiger partial charge on any atom is -0.271 e. The number of hydrogen-bond acceptors (Lipinski definition) is 6. The van der Waals surface area contributed by atoms with Gasteiger partial charge in [0.05, 0.1) is 7.11 Å². The van der Waals surface area contributed by atoms with Crippen molar-refractivity contribution in [3.8, 4) is 0 Å². The van der Waals surface area contributed by atoms with Gasteiger partial charge in [0, 0.05) is 7.05 Å². The van der Waals surface area contributed by atoms with Crippen molar-refractivity contribution in [3.63, 3.8) is 0 Å². The van der Waals surface area contributed by atoms with Crippen LogP contribution in [0.4, 0.5) is 0 Å². The molecule has 4 N–H and O–H groups in total. The second kappa shape index (κ2) is 4.91. The minimum absolute atomic E-state index is 1.08. The smallest absolute Gasteiger partial charge is 0.0608 e. The van der Waals surface area contributed by atoms with Crippen LogP contribution in [0.15, 0.2) is 0 Å². The first-order chi connectivity index (χ1) is 3.85. The van der Waals surface area contributed by atoms with Crippen LogP contribution in [0.3, 0.4) is 0 Å². The fourth-order valence-electron chi connectivity index (χ4n) is 0.222. The van der Waals surface area contributed by atoms with Crippen LogP contribution >= 0.6 is 0 Å². The van der Waals surface area contributed by atoms with Crippen molar-refractivity contribution in [1.82, 2.24) is 16.3 Å². The number of nitrogens with zero attached hydrogens (tertiary/aromatic N) is 1. The molecule has 8 heavy (non-hydrogen) atoms. The van der Waals surface area contributed by atoms with Gasteiger partial charge in [0.15, 0.2) is 0 Å². The molecule has 0 saturated carbocycles. The van der Waals surface area contributed by atoms with Gasteiger partial charge >= 0.3 is 0 Å². The topological polar surface area (TPSA) is 71.8 Å². The van der Waals surface area contributed by atoms with E-state index in [0.29, 0.717) is 0 Å². The molecule has 50 valence electrons. The van der Waals surface area contributed by atoms with E-state index in [9.17, 15) is 0 Å². The van der Waals surface area contributed by atoms with Gasteiger partial charge in [-0.15, -0.1) is 0 Å². The Bertz CT molecular complexity index is 47.3. The van der Waals surface area contributed by atoms with Crippen molar-refractivity contribution in [2.24, 2.45) is 5.90 Å². The molecule has 0 fully saturated rings. The first-order valence-electron chi connectivity index (χ1n) is 1.98. The zero-order valence-corrected chi connectivity index (χ0v) is 4.84. The summed E-state index contributed by atoms with van der Waals surface area (Å²) < 4.78 is 0. The maximum Gasteiger partial charge on any atom is 0.0608 e. The van der Waals surface area contributed by atoms with E-state index < -0.39 is 0 Å². The molecule has 0 unspecified atom stereocenters. The molecular formula is C2H10N4O2. The quantitative estimate of drug-likeness (QED) is 0.386. The molecule has 0 heterocycles. The number of nitrogens with one attached hydrogen (secondary N) is 2. The lowest BCUT2D eigenvalue weighted by Crippen LogP contribution is -2.46. The fourth-order valence-corrected chi connectivity index (χ4v) is 0.222. The Hall–Kier alpha value is -0.240. The molecule has 6 nitrogen and oxygen atoms in total. The third-order valence-corrected chi connectivity index (χ3v) is 0.521. The van der Waals surface area contributed by atoms with E-state index in [2.05, 4.69) is 26.7 Å². The molecule has 0 radical (unpaired) electrons. The Kier molecular flexibility index (Phi) is 4.76. The predicted octanol–water partition coefficient (Wildman–Crippen LogP) is -1.71. The van der Waals surface area contributed by atoms with Crippen LogP contribution < -0.4 is 16.9 Å². The molecule has 0 bridgehead atoms. The van der Waals surface area contributed by atoms with Crippen LogP contribution in [0.5, 0.6) is 0 Å². The van der Waals surface area contributed by atoms with Gasteiger partial charge in [0.25, 0.3) is 0 Å². The molecule has 0 rings (SSSR count). The number of hydrazine groups is 2. The van der Waals surface area contributed by atoms with Crippen molar-refractivity contribution in [2.45, 2.75) is 0 Å². The van der Waals surface area contributed by atoms with Gasteiger partial charge in [0.2, 0.25) is 0 Å². The van der Waals surface area contributed by atoms with Gasteiger partial charge in [-0.05, 0) is 5.28 Å². The monoisotopic (exact) mass is 122 g/mol. The third-order valence-electron chi connectivity index (χ3n) is 0.521. The molecule has 0 aromatic rings. The lowest BCUT2D eigenvalue weighted by molar-refractivity contribution is -0.285. The van der Waals surface area contributed by atoms with E-state index in [1.807, 2.05) is 0 Å². The standard InChI is InChI=1S/C2H10N4O2/c1-4-6(7-2)5-8-3/h4-5H,3H2,1-2H3. The van der Waals surface area contributed by atoms with Gasteiger partial charge in [-0.3, -0.25) is 4.84 Å². The van der Waals surface area contributed by atoms with E-state index in [0.717, 1.165) is 5.28 Å². The molecule has 0 saturated heterocycles. The summed E-state index contributed by atoms with van der Waals surface area (Å²) in [5, 5.41) is 1.08. The van der Waals surface area contributed by atoms with Gasteiger partial charge in [-0.25, -0.2) is 5.43 Å². The normalized spacial score (nSPS) is 10.5. The SMILES string of the molecule is CNN(NON)OC. The minimum atomic E-state index is 1.08. The van der Waals surface area contributed by atoms with Crippen molar-refractivity contribution in [3.05, 3.63) is 0 Å².